The Bertz CT molecular complexity index is 552. The van der Waals surface area contributed by atoms with Gasteiger partial charge in [-0.3, -0.25) is 0 Å². The number of nitrogens with zero attached hydrogens (tertiary/aromatic N) is 2. The van der Waals surface area contributed by atoms with Gasteiger partial charge in [0.2, 0.25) is 9.84 Å². The van der Waals surface area contributed by atoms with E-state index in [-0.39, 0.29) is 40.1 Å². The molecular weight excluding hydrogens is 231 g/mol. The van der Waals surface area contributed by atoms with Crippen LogP contribution in [0.25, 0.3) is 5.57 Å². The van der Waals surface area contributed by atoms with E-state index in [9.17, 15) is 18.3 Å². The van der Waals surface area contributed by atoms with Gasteiger partial charge in [-0.05, 0) is 0 Å². The Morgan fingerprint density at radius 3 is 2.67 bits per heavy atom. The van der Waals surface area contributed by atoms with Crippen LogP contribution in [0.1, 0.15) is 5.56 Å². The maximum absolute atomic E-state index is 11.3. The maximum atomic E-state index is 11.3. The van der Waals surface area contributed by atoms with Crippen molar-refractivity contribution < 1.29 is 47.9 Å². The van der Waals surface area contributed by atoms with Crippen LogP contribution < -0.4 is 34.7 Å². The largest absolute Gasteiger partial charge is 1.00 e. The van der Waals surface area contributed by atoms with Crippen LogP contribution >= 0.6 is 0 Å². The van der Waals surface area contributed by atoms with E-state index in [0.717, 1.165) is 12.5 Å². The third-order valence-electron chi connectivity index (χ3n) is 1.73. The fraction of sp³-hybridized carbons (Fsp3) is 0. The molecule has 2 rings (SSSR count). The predicted octanol–water partition coefficient (Wildman–Crippen LogP) is -4.64. The van der Waals surface area contributed by atoms with Gasteiger partial charge >= 0.3 is 29.6 Å². The minimum absolute atomic E-state index is 0. The maximum Gasteiger partial charge on any atom is 1.00 e. The van der Waals surface area contributed by atoms with E-state index in [2.05, 4.69) is 9.97 Å². The summed E-state index contributed by atoms with van der Waals surface area (Å²) in [6.07, 6.45) is 2.18. The fourth-order valence-electron chi connectivity index (χ4n) is 1.16. The number of hydrogen-bond donors (Lipinski definition) is 0. The minimum atomic E-state index is -3.73. The van der Waals surface area contributed by atoms with Crippen molar-refractivity contribution in [2.24, 2.45) is 0 Å². The SMILES string of the molecule is O=C([O-])C1=CS(=O)(=O)c2ncncc21.[Na+]. The number of rotatable bonds is 1. The van der Waals surface area contributed by atoms with E-state index >= 15 is 0 Å². The molecule has 0 saturated carbocycles. The molecule has 0 amide bonds. The second-order valence-electron chi connectivity index (χ2n) is 2.61. The Morgan fingerprint density at radius 2 is 2.07 bits per heavy atom. The van der Waals surface area contributed by atoms with Crippen molar-refractivity contribution in [2.45, 2.75) is 5.03 Å². The molecule has 72 valence electrons. The van der Waals surface area contributed by atoms with Gasteiger partial charge in [-0.2, -0.15) is 0 Å². The normalized spacial score (nSPS) is 16.1. The van der Waals surface area contributed by atoms with Crippen molar-refractivity contribution in [2.75, 3.05) is 0 Å². The molecule has 0 saturated heterocycles. The third kappa shape index (κ3) is 1.96. The van der Waals surface area contributed by atoms with Gasteiger partial charge < -0.3 is 9.90 Å². The van der Waals surface area contributed by atoms with E-state index in [1.807, 2.05) is 0 Å². The second-order valence-corrected chi connectivity index (χ2v) is 4.32. The Labute approximate surface area is 107 Å². The molecule has 0 aliphatic carbocycles. The summed E-state index contributed by atoms with van der Waals surface area (Å²) in [4.78, 5) is 17.6. The number of carboxylic acid groups (broad SMARTS) is 1. The number of hydrogen-bond acceptors (Lipinski definition) is 6. The number of carboxylic acids is 1. The second kappa shape index (κ2) is 4.01. The van der Waals surface area contributed by atoms with Crippen LogP contribution in [0.5, 0.6) is 0 Å². The smallest absolute Gasteiger partial charge is 0.545 e. The molecule has 1 aliphatic heterocycles. The summed E-state index contributed by atoms with van der Waals surface area (Å²) < 4.78 is 22.6. The molecule has 15 heavy (non-hydrogen) atoms. The standard InChI is InChI=1S/C7H4N2O4S.Na/c10-7(11)5-2-14(12,13)6-4(5)1-8-3-9-6;/h1-3H,(H,10,11);/q;+1/p-1. The summed E-state index contributed by atoms with van der Waals surface area (Å²) >= 11 is 0. The van der Waals surface area contributed by atoms with Crippen molar-refractivity contribution in [3.63, 3.8) is 0 Å². The molecule has 0 unspecified atom stereocenters. The molecule has 1 aliphatic rings. The summed E-state index contributed by atoms with van der Waals surface area (Å²) in [5.74, 6) is -1.55. The van der Waals surface area contributed by atoms with Crippen LogP contribution in [0, 0.1) is 0 Å². The van der Waals surface area contributed by atoms with Gasteiger partial charge in [0.15, 0.2) is 5.03 Å². The molecule has 8 heteroatoms. The first-order valence-corrected chi connectivity index (χ1v) is 5.05. The Kier molecular flexibility index (Phi) is 3.29. The van der Waals surface area contributed by atoms with Gasteiger partial charge in [0.1, 0.15) is 6.33 Å². The first-order chi connectivity index (χ1) is 6.52. The number of sulfone groups is 1. The predicted molar refractivity (Wildman–Crippen MR) is 42.2 cm³/mol. The molecule has 1 aromatic heterocycles. The Hall–Kier alpha value is -0.760. The Morgan fingerprint density at radius 1 is 1.40 bits per heavy atom. The quantitative estimate of drug-likeness (QED) is 0.358. The summed E-state index contributed by atoms with van der Waals surface area (Å²) in [7, 11) is -3.73. The van der Waals surface area contributed by atoms with Crippen LogP contribution in [0.15, 0.2) is 23.0 Å². The average molecular weight is 234 g/mol. The number of fused-ring (bicyclic) bond motifs is 1. The van der Waals surface area contributed by atoms with Gasteiger partial charge in [-0.25, -0.2) is 18.4 Å². The summed E-state index contributed by atoms with van der Waals surface area (Å²) in [5.41, 5.74) is -0.423. The molecule has 0 fully saturated rings. The minimum Gasteiger partial charge on any atom is -0.545 e. The average Bonchev–Trinajstić information content (AvgIpc) is 2.40. The van der Waals surface area contributed by atoms with Crippen LogP contribution in [0.3, 0.4) is 0 Å². The van der Waals surface area contributed by atoms with Crippen LogP contribution in [0.4, 0.5) is 0 Å². The molecule has 0 atom stereocenters. The first-order valence-electron chi connectivity index (χ1n) is 3.51. The molecule has 1 aromatic rings. The van der Waals surface area contributed by atoms with Crippen molar-refractivity contribution in [1.82, 2.24) is 9.97 Å². The number of carbonyl (C=O) groups excluding carboxylic acids is 1. The third-order valence-corrected chi connectivity index (χ3v) is 3.14. The molecule has 0 N–H and O–H groups in total. The van der Waals surface area contributed by atoms with Crippen molar-refractivity contribution in [3.8, 4) is 0 Å². The van der Waals surface area contributed by atoms with Crippen LogP contribution in [-0.2, 0) is 14.6 Å². The molecular formula is C7H3N2NaO4S. The fourth-order valence-corrected chi connectivity index (χ4v) is 2.47. The Balaban J connectivity index is 0.00000112. The van der Waals surface area contributed by atoms with Gasteiger partial charge in [-0.1, -0.05) is 0 Å². The zero-order chi connectivity index (χ0) is 10.3. The molecule has 0 bridgehead atoms. The number of aromatic nitrogens is 2. The van der Waals surface area contributed by atoms with Gasteiger partial charge in [0.05, 0.1) is 5.97 Å². The van der Waals surface area contributed by atoms with E-state index < -0.39 is 21.4 Å². The van der Waals surface area contributed by atoms with Crippen LogP contribution in [-0.4, -0.2) is 24.4 Å². The monoisotopic (exact) mass is 234 g/mol. The molecule has 0 radical (unpaired) electrons. The van der Waals surface area contributed by atoms with E-state index in [1.54, 1.807) is 0 Å². The van der Waals surface area contributed by atoms with Crippen molar-refractivity contribution >= 4 is 21.4 Å². The van der Waals surface area contributed by atoms with Crippen molar-refractivity contribution in [3.05, 3.63) is 23.5 Å². The zero-order valence-corrected chi connectivity index (χ0v) is 10.5. The summed E-state index contributed by atoms with van der Waals surface area (Å²) in [6.45, 7) is 0. The van der Waals surface area contributed by atoms with Gasteiger partial charge in [0.25, 0.3) is 0 Å². The van der Waals surface area contributed by atoms with E-state index in [4.69, 9.17) is 0 Å². The van der Waals surface area contributed by atoms with Crippen molar-refractivity contribution in [1.29, 1.82) is 0 Å². The number of aliphatic carboxylic acids is 1. The van der Waals surface area contributed by atoms with Gasteiger partial charge in [0, 0.05) is 22.7 Å². The molecule has 2 heterocycles. The zero-order valence-electron chi connectivity index (χ0n) is 7.67. The molecule has 0 aromatic carbocycles. The topological polar surface area (TPSA) is 100 Å². The number of carbonyl (C=O) groups is 1. The summed E-state index contributed by atoms with van der Waals surface area (Å²) in [6, 6.07) is 0. The summed E-state index contributed by atoms with van der Waals surface area (Å²) in [5, 5.41) is 10.9. The van der Waals surface area contributed by atoms with Gasteiger partial charge in [-0.15, -0.1) is 0 Å². The van der Waals surface area contributed by atoms with E-state index in [1.165, 1.54) is 0 Å². The van der Waals surface area contributed by atoms with Crippen LogP contribution in [0.2, 0.25) is 0 Å². The molecule has 6 nitrogen and oxygen atoms in total. The first kappa shape index (κ1) is 12.3. The molecule has 0 spiro atoms. The van der Waals surface area contributed by atoms with E-state index in [0.29, 0.717) is 5.41 Å².